The first-order valence-corrected chi connectivity index (χ1v) is 9.47. The first-order chi connectivity index (χ1) is 14.5. The summed E-state index contributed by atoms with van der Waals surface area (Å²) < 4.78 is 35.9. The van der Waals surface area contributed by atoms with Crippen LogP contribution in [0.15, 0.2) is 36.4 Å². The molecule has 0 aromatic heterocycles. The van der Waals surface area contributed by atoms with E-state index in [1.807, 2.05) is 31.9 Å². The van der Waals surface area contributed by atoms with E-state index in [0.29, 0.717) is 30.1 Å². The van der Waals surface area contributed by atoms with Gasteiger partial charge in [-0.15, -0.1) is 0 Å². The summed E-state index contributed by atoms with van der Waals surface area (Å²) in [6.45, 7) is 3.90. The quantitative estimate of drug-likeness (QED) is 0.713. The number of aliphatic hydroxyl groups is 1. The van der Waals surface area contributed by atoms with Crippen molar-refractivity contribution in [1.82, 2.24) is 0 Å². The van der Waals surface area contributed by atoms with E-state index < -0.39 is 12.4 Å². The number of aliphatic hydroxyl groups excluding tert-OH is 1. The molecule has 0 bridgehead atoms. The molecule has 6 nitrogen and oxygen atoms in total. The lowest BCUT2D eigenvalue weighted by Gasteiger charge is -2.32. The summed E-state index contributed by atoms with van der Waals surface area (Å²) in [5, 5.41) is 10.0. The molecule has 0 radical (unpaired) electrons. The van der Waals surface area contributed by atoms with Gasteiger partial charge in [-0.2, -0.15) is 0 Å². The number of ether oxygens (including phenoxy) is 4. The van der Waals surface area contributed by atoms with Gasteiger partial charge in [0.05, 0.1) is 26.4 Å². The monoisotopic (exact) mass is 418 g/mol. The van der Waals surface area contributed by atoms with Gasteiger partial charge in [0.1, 0.15) is 18.4 Å². The maximum atomic E-state index is 13.1. The van der Waals surface area contributed by atoms with Gasteiger partial charge < -0.3 is 28.8 Å². The number of methoxy groups -OCH3 is 2. The third-order valence-corrected chi connectivity index (χ3v) is 4.54. The van der Waals surface area contributed by atoms with E-state index in [2.05, 4.69) is 0 Å². The molecule has 0 spiro atoms. The van der Waals surface area contributed by atoms with Crippen molar-refractivity contribution in [3.8, 4) is 17.2 Å². The second-order valence-corrected chi connectivity index (χ2v) is 6.75. The van der Waals surface area contributed by atoms with Crippen molar-refractivity contribution < 1.29 is 33.2 Å². The number of benzene rings is 2. The highest BCUT2D eigenvalue weighted by Gasteiger charge is 2.28. The van der Waals surface area contributed by atoms with E-state index in [4.69, 9.17) is 23.7 Å². The SMILES string of the molecule is C=O.COc1cc(/C=C/c2ccc(F)cc2)c(OC2CC(O)CC(C)O2)c(OC)c1. The molecule has 1 fully saturated rings. The minimum absolute atomic E-state index is 0.101. The molecule has 162 valence electrons. The van der Waals surface area contributed by atoms with Gasteiger partial charge in [-0.05, 0) is 37.1 Å². The van der Waals surface area contributed by atoms with Gasteiger partial charge in [0.2, 0.25) is 6.29 Å². The van der Waals surface area contributed by atoms with Crippen LogP contribution < -0.4 is 14.2 Å². The van der Waals surface area contributed by atoms with E-state index in [-0.39, 0.29) is 11.9 Å². The van der Waals surface area contributed by atoms with Crippen LogP contribution in [-0.4, -0.2) is 44.6 Å². The highest BCUT2D eigenvalue weighted by molar-refractivity contribution is 5.75. The summed E-state index contributed by atoms with van der Waals surface area (Å²) in [5.41, 5.74) is 1.56. The van der Waals surface area contributed by atoms with Crippen LogP contribution in [0.5, 0.6) is 17.2 Å². The van der Waals surface area contributed by atoms with Crippen LogP contribution in [0, 0.1) is 5.82 Å². The summed E-state index contributed by atoms with van der Waals surface area (Å²) in [6.07, 6.45) is 3.49. The number of halogens is 1. The predicted molar refractivity (Wildman–Crippen MR) is 112 cm³/mol. The molecule has 3 unspecified atom stereocenters. The van der Waals surface area contributed by atoms with Gasteiger partial charge in [0.25, 0.3) is 0 Å². The predicted octanol–water partition coefficient (Wildman–Crippen LogP) is 4.09. The van der Waals surface area contributed by atoms with Gasteiger partial charge in [-0.25, -0.2) is 4.39 Å². The zero-order chi connectivity index (χ0) is 22.1. The normalized spacial score (nSPS) is 20.9. The van der Waals surface area contributed by atoms with Crippen LogP contribution in [-0.2, 0) is 9.53 Å². The lowest BCUT2D eigenvalue weighted by molar-refractivity contribution is -0.170. The van der Waals surface area contributed by atoms with Gasteiger partial charge in [0, 0.05) is 18.1 Å². The molecule has 1 aliphatic rings. The summed E-state index contributed by atoms with van der Waals surface area (Å²) in [6, 6.07) is 9.73. The van der Waals surface area contributed by atoms with Crippen LogP contribution in [0.3, 0.4) is 0 Å². The molecule has 2 aromatic rings. The van der Waals surface area contributed by atoms with Crippen molar-refractivity contribution in [2.24, 2.45) is 0 Å². The minimum Gasteiger partial charge on any atom is -0.497 e. The van der Waals surface area contributed by atoms with Gasteiger partial charge >= 0.3 is 0 Å². The van der Waals surface area contributed by atoms with Crippen molar-refractivity contribution in [3.63, 3.8) is 0 Å². The molecule has 0 saturated carbocycles. The zero-order valence-electron chi connectivity index (χ0n) is 17.3. The van der Waals surface area contributed by atoms with Crippen LogP contribution in [0.25, 0.3) is 12.2 Å². The fraction of sp³-hybridized carbons (Fsp3) is 0.348. The molecular weight excluding hydrogens is 391 g/mol. The van der Waals surface area contributed by atoms with Crippen molar-refractivity contribution in [1.29, 1.82) is 0 Å². The van der Waals surface area contributed by atoms with Crippen molar-refractivity contribution >= 4 is 18.9 Å². The number of carbonyl (C=O) groups is 1. The molecular formula is C23H27FO6. The average Bonchev–Trinajstić information content (AvgIpc) is 2.74. The minimum atomic E-state index is -0.584. The van der Waals surface area contributed by atoms with Gasteiger partial charge in [-0.3, -0.25) is 0 Å². The Kier molecular flexibility index (Phi) is 8.83. The van der Waals surface area contributed by atoms with Crippen molar-refractivity contribution in [3.05, 3.63) is 53.3 Å². The molecule has 30 heavy (non-hydrogen) atoms. The number of hydrogen-bond acceptors (Lipinski definition) is 6. The lowest BCUT2D eigenvalue weighted by atomic mass is 10.1. The van der Waals surface area contributed by atoms with Crippen LogP contribution >= 0.6 is 0 Å². The molecule has 1 heterocycles. The first-order valence-electron chi connectivity index (χ1n) is 9.47. The highest BCUT2D eigenvalue weighted by Crippen LogP contribution is 2.38. The molecule has 1 aliphatic heterocycles. The zero-order valence-corrected chi connectivity index (χ0v) is 17.3. The Morgan fingerprint density at radius 2 is 1.80 bits per heavy atom. The summed E-state index contributed by atoms with van der Waals surface area (Å²) >= 11 is 0. The largest absolute Gasteiger partial charge is 0.497 e. The second-order valence-electron chi connectivity index (χ2n) is 6.75. The molecule has 0 aliphatic carbocycles. The van der Waals surface area contributed by atoms with Gasteiger partial charge in [0.15, 0.2) is 11.5 Å². The topological polar surface area (TPSA) is 74.2 Å². The first kappa shape index (κ1) is 23.4. The summed E-state index contributed by atoms with van der Waals surface area (Å²) in [4.78, 5) is 8.00. The molecule has 1 saturated heterocycles. The molecule has 7 heteroatoms. The third kappa shape index (κ3) is 6.30. The fourth-order valence-electron chi connectivity index (χ4n) is 3.16. The average molecular weight is 418 g/mol. The van der Waals surface area contributed by atoms with E-state index in [9.17, 15) is 9.50 Å². The van der Waals surface area contributed by atoms with Crippen LogP contribution in [0.2, 0.25) is 0 Å². The van der Waals surface area contributed by atoms with Crippen LogP contribution in [0.4, 0.5) is 4.39 Å². The molecule has 3 atom stereocenters. The Morgan fingerprint density at radius 3 is 2.40 bits per heavy atom. The standard InChI is InChI=1S/C22H25FO5.CH2O/c1-14-10-18(24)12-21(27-14)28-22-16(11-19(25-2)13-20(22)26-3)7-4-15-5-8-17(23)9-6-15;1-2/h4-9,11,13-14,18,21,24H,10,12H2,1-3H3;1H2/b7-4+;. The van der Waals surface area contributed by atoms with E-state index in [1.54, 1.807) is 32.4 Å². The maximum Gasteiger partial charge on any atom is 0.202 e. The van der Waals surface area contributed by atoms with E-state index in [1.165, 1.54) is 12.1 Å². The summed E-state index contributed by atoms with van der Waals surface area (Å²) in [5.74, 6) is 1.31. The number of rotatable bonds is 6. The lowest BCUT2D eigenvalue weighted by Crippen LogP contribution is -2.37. The number of hydrogen-bond donors (Lipinski definition) is 1. The van der Waals surface area contributed by atoms with Crippen molar-refractivity contribution in [2.75, 3.05) is 14.2 Å². The maximum absolute atomic E-state index is 13.1. The summed E-state index contributed by atoms with van der Waals surface area (Å²) in [7, 11) is 3.12. The molecule has 2 aromatic carbocycles. The van der Waals surface area contributed by atoms with E-state index >= 15 is 0 Å². The third-order valence-electron chi connectivity index (χ3n) is 4.54. The van der Waals surface area contributed by atoms with Crippen LogP contribution in [0.1, 0.15) is 30.9 Å². The number of carbonyl (C=O) groups excluding carboxylic acids is 1. The molecule has 0 amide bonds. The Bertz CT molecular complexity index is 826. The Morgan fingerprint density at radius 1 is 1.10 bits per heavy atom. The molecule has 3 rings (SSSR count). The highest BCUT2D eigenvalue weighted by atomic mass is 19.1. The smallest absolute Gasteiger partial charge is 0.202 e. The Hall–Kier alpha value is -2.90. The Balaban J connectivity index is 0.00000155. The Labute approximate surface area is 175 Å². The van der Waals surface area contributed by atoms with Crippen molar-refractivity contribution in [2.45, 2.75) is 38.3 Å². The van der Waals surface area contributed by atoms with E-state index in [0.717, 1.165) is 11.1 Å². The second kappa shape index (κ2) is 11.3. The molecule has 1 N–H and O–H groups in total. The van der Waals surface area contributed by atoms with Gasteiger partial charge in [-0.1, -0.05) is 24.3 Å². The fourth-order valence-corrected chi connectivity index (χ4v) is 3.16.